The van der Waals surface area contributed by atoms with Crippen molar-refractivity contribution in [2.45, 2.75) is 0 Å². The number of aromatic nitrogens is 2. The Balaban J connectivity index is 2.11. The molecule has 0 unspecified atom stereocenters. The minimum atomic E-state index is -0.385. The number of anilines is 1. The molecule has 0 aliphatic rings. The smallest absolute Gasteiger partial charge is 0.131 e. The number of halogens is 2. The highest BCUT2D eigenvalue weighted by atomic mass is 19.1. The third-order valence-electron chi connectivity index (χ3n) is 3.10. The van der Waals surface area contributed by atoms with Gasteiger partial charge >= 0.3 is 0 Å². The minimum Gasteiger partial charge on any atom is -0.384 e. The van der Waals surface area contributed by atoms with Gasteiger partial charge in [-0.15, -0.1) is 0 Å². The fraction of sp³-hybridized carbons (Fsp3) is 0. The van der Waals surface area contributed by atoms with E-state index >= 15 is 0 Å². The van der Waals surface area contributed by atoms with Crippen molar-refractivity contribution in [1.82, 2.24) is 10.2 Å². The van der Waals surface area contributed by atoms with Gasteiger partial charge in [0.15, 0.2) is 0 Å². The first-order valence-corrected chi connectivity index (χ1v) is 6.00. The number of nitrogen functional groups attached to an aromatic ring is 1. The van der Waals surface area contributed by atoms with Gasteiger partial charge in [0.2, 0.25) is 0 Å². The zero-order valence-electron chi connectivity index (χ0n) is 10.4. The molecule has 2 aromatic carbocycles. The maximum Gasteiger partial charge on any atom is 0.131 e. The molecule has 0 radical (unpaired) electrons. The Morgan fingerprint density at radius 1 is 0.900 bits per heavy atom. The number of H-pyrrole nitrogens is 1. The van der Waals surface area contributed by atoms with Crippen molar-refractivity contribution < 1.29 is 8.78 Å². The molecule has 100 valence electrons. The lowest BCUT2D eigenvalue weighted by molar-refractivity contribution is 0.628. The van der Waals surface area contributed by atoms with Crippen molar-refractivity contribution in [3.8, 4) is 22.3 Å². The van der Waals surface area contributed by atoms with Crippen LogP contribution in [-0.4, -0.2) is 10.2 Å². The van der Waals surface area contributed by atoms with Gasteiger partial charge in [-0.3, -0.25) is 5.10 Å². The van der Waals surface area contributed by atoms with Crippen LogP contribution in [0.1, 0.15) is 0 Å². The van der Waals surface area contributed by atoms with Crippen molar-refractivity contribution in [3.63, 3.8) is 0 Å². The van der Waals surface area contributed by atoms with Gasteiger partial charge in [-0.05, 0) is 35.4 Å². The molecule has 0 atom stereocenters. The number of nitrogens with two attached hydrogens (primary N) is 1. The number of hydrogen-bond donors (Lipinski definition) is 2. The lowest BCUT2D eigenvalue weighted by atomic mass is 10.00. The summed E-state index contributed by atoms with van der Waals surface area (Å²) < 4.78 is 26.9. The lowest BCUT2D eigenvalue weighted by Gasteiger charge is -2.06. The van der Waals surface area contributed by atoms with Crippen LogP contribution in [0.4, 0.5) is 14.6 Å². The van der Waals surface area contributed by atoms with Gasteiger partial charge in [0.05, 0.1) is 6.20 Å². The molecule has 3 rings (SSSR count). The molecule has 0 fully saturated rings. The Morgan fingerprint density at radius 2 is 1.60 bits per heavy atom. The van der Waals surface area contributed by atoms with Crippen molar-refractivity contribution in [2.75, 3.05) is 5.73 Å². The number of rotatable bonds is 2. The Hall–Kier alpha value is -2.69. The van der Waals surface area contributed by atoms with Gasteiger partial charge in [0.25, 0.3) is 0 Å². The van der Waals surface area contributed by atoms with Gasteiger partial charge in [-0.2, -0.15) is 5.10 Å². The lowest BCUT2D eigenvalue weighted by Crippen LogP contribution is -1.91. The normalized spacial score (nSPS) is 10.7. The monoisotopic (exact) mass is 271 g/mol. The Labute approximate surface area is 114 Å². The number of nitrogens with one attached hydrogen (secondary N) is 1. The topological polar surface area (TPSA) is 54.7 Å². The molecule has 5 heteroatoms. The summed E-state index contributed by atoms with van der Waals surface area (Å²) in [5.74, 6) is -0.390. The van der Waals surface area contributed by atoms with Gasteiger partial charge in [-0.1, -0.05) is 18.2 Å². The fourth-order valence-corrected chi connectivity index (χ4v) is 2.06. The van der Waals surface area contributed by atoms with E-state index in [9.17, 15) is 8.78 Å². The first-order chi connectivity index (χ1) is 9.65. The summed E-state index contributed by atoms with van der Waals surface area (Å²) >= 11 is 0. The molecule has 3 nitrogen and oxygen atoms in total. The maximum atomic E-state index is 13.9. The van der Waals surface area contributed by atoms with Crippen LogP contribution in [-0.2, 0) is 0 Å². The quantitative estimate of drug-likeness (QED) is 0.748. The number of aromatic amines is 1. The zero-order valence-corrected chi connectivity index (χ0v) is 10.4. The van der Waals surface area contributed by atoms with Crippen molar-refractivity contribution in [2.24, 2.45) is 0 Å². The molecular weight excluding hydrogens is 260 g/mol. The Bertz CT molecular complexity index is 748. The van der Waals surface area contributed by atoms with Crippen LogP contribution in [0, 0.1) is 11.6 Å². The zero-order chi connectivity index (χ0) is 14.1. The number of nitrogens with zero attached hydrogens (tertiary/aromatic N) is 1. The summed E-state index contributed by atoms with van der Waals surface area (Å²) in [6, 6.07) is 10.7. The summed E-state index contributed by atoms with van der Waals surface area (Å²) in [6.45, 7) is 0. The third-order valence-corrected chi connectivity index (χ3v) is 3.10. The van der Waals surface area contributed by atoms with E-state index in [4.69, 9.17) is 5.73 Å². The van der Waals surface area contributed by atoms with Crippen molar-refractivity contribution in [1.29, 1.82) is 0 Å². The molecule has 0 amide bonds. The number of hydrogen-bond acceptors (Lipinski definition) is 2. The molecule has 0 saturated carbocycles. The van der Waals surface area contributed by atoms with Crippen LogP contribution in [0.5, 0.6) is 0 Å². The molecule has 1 aromatic heterocycles. The summed E-state index contributed by atoms with van der Waals surface area (Å²) in [5.41, 5.74) is 8.16. The molecule has 0 spiro atoms. The molecule has 1 heterocycles. The summed E-state index contributed by atoms with van der Waals surface area (Å²) in [5, 5.41) is 6.36. The van der Waals surface area contributed by atoms with Crippen molar-refractivity contribution >= 4 is 5.82 Å². The van der Waals surface area contributed by atoms with Crippen LogP contribution < -0.4 is 5.73 Å². The highest BCUT2D eigenvalue weighted by molar-refractivity contribution is 5.78. The van der Waals surface area contributed by atoms with E-state index in [0.29, 0.717) is 16.9 Å². The van der Waals surface area contributed by atoms with E-state index < -0.39 is 0 Å². The summed E-state index contributed by atoms with van der Waals surface area (Å²) in [7, 11) is 0. The largest absolute Gasteiger partial charge is 0.384 e. The maximum absolute atomic E-state index is 13.9. The Morgan fingerprint density at radius 3 is 2.25 bits per heavy atom. The van der Waals surface area contributed by atoms with E-state index in [1.807, 2.05) is 0 Å². The molecule has 0 aliphatic carbocycles. The van der Waals surface area contributed by atoms with E-state index in [1.165, 1.54) is 24.4 Å². The van der Waals surface area contributed by atoms with Crippen LogP contribution >= 0.6 is 0 Å². The van der Waals surface area contributed by atoms with Gasteiger partial charge < -0.3 is 5.73 Å². The van der Waals surface area contributed by atoms with Crippen LogP contribution in [0.2, 0.25) is 0 Å². The van der Waals surface area contributed by atoms with Gasteiger partial charge in [0.1, 0.15) is 17.5 Å². The first-order valence-electron chi connectivity index (χ1n) is 6.00. The predicted molar refractivity (Wildman–Crippen MR) is 73.8 cm³/mol. The molecule has 3 aromatic rings. The molecule has 20 heavy (non-hydrogen) atoms. The SMILES string of the molecule is Nc1[nH]ncc1-c1cc(-c2ccc(F)cc2)ccc1F. The van der Waals surface area contributed by atoms with E-state index in [1.54, 1.807) is 24.3 Å². The molecule has 0 saturated heterocycles. The van der Waals surface area contributed by atoms with Crippen molar-refractivity contribution in [3.05, 3.63) is 60.3 Å². The molecule has 0 aliphatic heterocycles. The Kier molecular flexibility index (Phi) is 2.95. The van der Waals surface area contributed by atoms with E-state index in [0.717, 1.165) is 11.1 Å². The highest BCUT2D eigenvalue weighted by Crippen LogP contribution is 2.31. The van der Waals surface area contributed by atoms with Crippen LogP contribution in [0.25, 0.3) is 22.3 Å². The third kappa shape index (κ3) is 2.14. The highest BCUT2D eigenvalue weighted by Gasteiger charge is 2.11. The predicted octanol–water partition coefficient (Wildman–Crippen LogP) is 3.60. The average molecular weight is 271 g/mol. The summed E-state index contributed by atoms with van der Waals surface area (Å²) in [6.07, 6.45) is 1.47. The van der Waals surface area contributed by atoms with Crippen LogP contribution in [0.3, 0.4) is 0 Å². The summed E-state index contributed by atoms with van der Waals surface area (Å²) in [4.78, 5) is 0. The van der Waals surface area contributed by atoms with E-state index in [-0.39, 0.29) is 11.6 Å². The second kappa shape index (κ2) is 4.77. The fourth-order valence-electron chi connectivity index (χ4n) is 2.06. The van der Waals surface area contributed by atoms with Crippen LogP contribution in [0.15, 0.2) is 48.7 Å². The first kappa shape index (κ1) is 12.3. The number of benzene rings is 2. The van der Waals surface area contributed by atoms with Gasteiger partial charge in [0, 0.05) is 11.1 Å². The average Bonchev–Trinajstić information content (AvgIpc) is 2.87. The van der Waals surface area contributed by atoms with E-state index in [2.05, 4.69) is 10.2 Å². The molecule has 3 N–H and O–H groups in total. The van der Waals surface area contributed by atoms with Gasteiger partial charge in [-0.25, -0.2) is 8.78 Å². The minimum absolute atomic E-state index is 0.306. The second-order valence-corrected chi connectivity index (χ2v) is 4.40. The molecular formula is C15H11F2N3. The standard InChI is InChI=1S/C15H11F2N3/c16-11-4-1-9(2-5-11)10-3-6-14(17)12(7-10)13-8-19-20-15(13)18/h1-8H,(H3,18,19,20). The molecule has 0 bridgehead atoms. The second-order valence-electron chi connectivity index (χ2n) is 4.40.